The van der Waals surface area contributed by atoms with E-state index in [1.807, 2.05) is 67.6 Å². The Morgan fingerprint density at radius 2 is 0.962 bits per heavy atom. The number of ketones is 1. The van der Waals surface area contributed by atoms with Crippen molar-refractivity contribution in [3.63, 3.8) is 0 Å². The highest BCUT2D eigenvalue weighted by molar-refractivity contribution is 5.80. The zero-order valence-corrected chi connectivity index (χ0v) is 20.8. The van der Waals surface area contributed by atoms with Crippen LogP contribution in [-0.2, 0) is 4.79 Å². The SMILES string of the molecule is CC(=O)C(C)(C)C.CC(C)(C)C#N.CC(C)(C)O.CC(C)C.CN(C)C. The topological polar surface area (TPSA) is 64.3 Å². The fraction of sp³-hybridized carbons (Fsp3) is 0.909. The van der Waals surface area contributed by atoms with Crippen molar-refractivity contribution in [1.82, 2.24) is 4.90 Å². The van der Waals surface area contributed by atoms with Gasteiger partial charge in [0.1, 0.15) is 5.78 Å². The summed E-state index contributed by atoms with van der Waals surface area (Å²) in [6.07, 6.45) is 0. The first-order valence-electron chi connectivity index (χ1n) is 9.23. The monoisotopic (exact) mass is 374 g/mol. The largest absolute Gasteiger partial charge is 0.391 e. The summed E-state index contributed by atoms with van der Waals surface area (Å²) in [6, 6.07) is 2.10. The molecule has 0 spiro atoms. The third-order valence-corrected chi connectivity index (χ3v) is 1.39. The molecule has 160 valence electrons. The molecule has 0 heterocycles. The van der Waals surface area contributed by atoms with Gasteiger partial charge in [0.2, 0.25) is 0 Å². The lowest BCUT2D eigenvalue weighted by Gasteiger charge is -2.11. The summed E-state index contributed by atoms with van der Waals surface area (Å²) in [5.74, 6) is 1.08. The van der Waals surface area contributed by atoms with Gasteiger partial charge in [0.15, 0.2) is 0 Å². The van der Waals surface area contributed by atoms with Crippen LogP contribution >= 0.6 is 0 Å². The van der Waals surface area contributed by atoms with Crippen LogP contribution in [0, 0.1) is 28.1 Å². The highest BCUT2D eigenvalue weighted by Gasteiger charge is 2.14. The second kappa shape index (κ2) is 17.5. The fourth-order valence-corrected chi connectivity index (χ4v) is 0. The molecule has 0 aromatic heterocycles. The first-order valence-corrected chi connectivity index (χ1v) is 9.23. The van der Waals surface area contributed by atoms with Crippen molar-refractivity contribution in [2.45, 2.75) is 95.6 Å². The normalized spacial score (nSPS) is 10.5. The number of rotatable bonds is 0. The second-order valence-corrected chi connectivity index (χ2v) is 10.4. The molecular weight excluding hydrogens is 324 g/mol. The van der Waals surface area contributed by atoms with Gasteiger partial charge in [-0.15, -0.1) is 0 Å². The summed E-state index contributed by atoms with van der Waals surface area (Å²) in [6.45, 7) is 24.7. The predicted octanol–water partition coefficient (Wildman–Crippen LogP) is 5.79. The van der Waals surface area contributed by atoms with E-state index >= 15 is 0 Å². The van der Waals surface area contributed by atoms with E-state index in [9.17, 15) is 4.79 Å². The van der Waals surface area contributed by atoms with Gasteiger partial charge in [-0.3, -0.25) is 4.79 Å². The Bertz CT molecular complexity index is 329. The Hall–Kier alpha value is -0.920. The van der Waals surface area contributed by atoms with Gasteiger partial charge in [0.05, 0.1) is 11.7 Å². The van der Waals surface area contributed by atoms with Gasteiger partial charge >= 0.3 is 0 Å². The lowest BCUT2D eigenvalue weighted by Crippen LogP contribution is -2.15. The molecule has 0 saturated carbocycles. The average molecular weight is 375 g/mol. The quantitative estimate of drug-likeness (QED) is 0.582. The summed E-state index contributed by atoms with van der Waals surface area (Å²) in [4.78, 5) is 12.5. The van der Waals surface area contributed by atoms with Gasteiger partial charge < -0.3 is 10.0 Å². The van der Waals surface area contributed by atoms with E-state index in [4.69, 9.17) is 10.4 Å². The molecule has 0 aliphatic carbocycles. The van der Waals surface area contributed by atoms with Crippen LogP contribution in [0.15, 0.2) is 0 Å². The molecule has 0 bridgehead atoms. The third-order valence-electron chi connectivity index (χ3n) is 1.39. The minimum atomic E-state index is -0.500. The van der Waals surface area contributed by atoms with Crippen LogP contribution in [0.5, 0.6) is 0 Å². The number of hydrogen-bond acceptors (Lipinski definition) is 4. The van der Waals surface area contributed by atoms with E-state index in [2.05, 4.69) is 26.8 Å². The number of carbonyl (C=O) groups excluding carboxylic acids is 1. The molecule has 0 radical (unpaired) electrons. The van der Waals surface area contributed by atoms with Gasteiger partial charge in [-0.2, -0.15) is 5.26 Å². The van der Waals surface area contributed by atoms with Crippen LogP contribution in [0.25, 0.3) is 0 Å². The van der Waals surface area contributed by atoms with Crippen LogP contribution in [0.3, 0.4) is 0 Å². The average Bonchev–Trinajstić information content (AvgIpc) is 2.23. The van der Waals surface area contributed by atoms with Crippen LogP contribution in [0.2, 0.25) is 0 Å². The Labute approximate surface area is 166 Å². The molecule has 0 aromatic carbocycles. The lowest BCUT2D eigenvalue weighted by atomic mass is 9.92. The molecule has 0 rings (SSSR count). The maximum absolute atomic E-state index is 10.5. The van der Waals surface area contributed by atoms with Crippen LogP contribution < -0.4 is 0 Å². The number of Topliss-reactive ketones (excluding diaryl/α,β-unsaturated/α-hetero) is 1. The molecule has 0 aliphatic rings. The molecule has 0 atom stereocenters. The van der Waals surface area contributed by atoms with E-state index in [-0.39, 0.29) is 16.6 Å². The number of nitriles is 1. The van der Waals surface area contributed by atoms with Crippen LogP contribution in [-0.4, -0.2) is 42.5 Å². The highest BCUT2D eigenvalue weighted by Crippen LogP contribution is 2.12. The fourth-order valence-electron chi connectivity index (χ4n) is 0. The smallest absolute Gasteiger partial charge is 0.135 e. The Morgan fingerprint density at radius 3 is 0.962 bits per heavy atom. The minimum Gasteiger partial charge on any atom is -0.391 e. The van der Waals surface area contributed by atoms with Crippen molar-refractivity contribution in [1.29, 1.82) is 5.26 Å². The summed E-state index contributed by atoms with van der Waals surface area (Å²) < 4.78 is 0. The first-order chi connectivity index (χ1) is 11.0. The summed E-state index contributed by atoms with van der Waals surface area (Å²) in [5.41, 5.74) is -0.792. The molecule has 1 N–H and O–H groups in total. The summed E-state index contributed by atoms with van der Waals surface area (Å²) in [7, 11) is 6.00. The summed E-state index contributed by atoms with van der Waals surface area (Å²) >= 11 is 0. The molecule has 0 aliphatic heterocycles. The van der Waals surface area contributed by atoms with Crippen molar-refractivity contribution in [2.24, 2.45) is 16.7 Å². The second-order valence-electron chi connectivity index (χ2n) is 10.4. The molecule has 0 unspecified atom stereocenters. The molecule has 4 nitrogen and oxygen atoms in total. The first kappa shape index (κ1) is 36.1. The lowest BCUT2D eigenvalue weighted by molar-refractivity contribution is -0.124. The number of hydrogen-bond donors (Lipinski definition) is 1. The van der Waals surface area contributed by atoms with E-state index in [1.54, 1.807) is 27.7 Å². The third kappa shape index (κ3) is 172. The van der Waals surface area contributed by atoms with Crippen molar-refractivity contribution in [3.8, 4) is 6.07 Å². The molecule has 0 amide bonds. The Kier molecular flexibility index (Phi) is 24.3. The van der Waals surface area contributed by atoms with E-state index in [0.717, 1.165) is 5.92 Å². The Balaban J connectivity index is -0.0000000720. The highest BCUT2D eigenvalue weighted by atomic mass is 16.3. The van der Waals surface area contributed by atoms with Gasteiger partial charge in [0, 0.05) is 10.8 Å². The molecule has 0 fully saturated rings. The van der Waals surface area contributed by atoms with Gasteiger partial charge in [-0.25, -0.2) is 0 Å². The van der Waals surface area contributed by atoms with E-state index < -0.39 is 5.60 Å². The molecule has 4 heteroatoms. The number of carbonyl (C=O) groups is 1. The zero-order valence-electron chi connectivity index (χ0n) is 20.8. The Morgan fingerprint density at radius 1 is 0.885 bits per heavy atom. The van der Waals surface area contributed by atoms with E-state index in [0.29, 0.717) is 0 Å². The minimum absolute atomic E-state index is 0.139. The zero-order chi connectivity index (χ0) is 22.9. The van der Waals surface area contributed by atoms with Gasteiger partial charge in [-0.05, 0) is 75.5 Å². The van der Waals surface area contributed by atoms with Crippen LogP contribution in [0.1, 0.15) is 90.0 Å². The van der Waals surface area contributed by atoms with Crippen molar-refractivity contribution < 1.29 is 9.90 Å². The maximum Gasteiger partial charge on any atom is 0.135 e. The molecule has 0 saturated heterocycles. The van der Waals surface area contributed by atoms with Crippen molar-refractivity contribution in [2.75, 3.05) is 21.1 Å². The van der Waals surface area contributed by atoms with Crippen LogP contribution in [0.4, 0.5) is 0 Å². The van der Waals surface area contributed by atoms with Crippen molar-refractivity contribution >= 4 is 5.78 Å². The number of aliphatic hydroxyl groups is 1. The molecule has 0 aromatic rings. The van der Waals surface area contributed by atoms with Gasteiger partial charge in [0.25, 0.3) is 0 Å². The van der Waals surface area contributed by atoms with E-state index in [1.165, 1.54) is 0 Å². The maximum atomic E-state index is 10.5. The van der Waals surface area contributed by atoms with Crippen molar-refractivity contribution in [3.05, 3.63) is 0 Å². The summed E-state index contributed by atoms with van der Waals surface area (Å²) in [5, 5.41) is 16.7. The van der Waals surface area contributed by atoms with Gasteiger partial charge in [-0.1, -0.05) is 41.5 Å². The predicted molar refractivity (Wildman–Crippen MR) is 117 cm³/mol. The standard InChI is InChI=1S/C6H12O.C5H9N.C4H10O.C4H10.C3H9N/c1-5(7)6(2,3)4;1-5(2,3)4-6;1-4(2,3)5;2*1-4(2)3/h1-4H3;1-3H3;5H,1-3H3;4H,1-3H3;1-3H3. The molecular formula is C22H50N2O2. The molecule has 26 heavy (non-hydrogen) atoms. The number of nitrogens with zero attached hydrogens (tertiary/aromatic N) is 2.